The van der Waals surface area contributed by atoms with Crippen LogP contribution in [-0.4, -0.2) is 10.4 Å². The van der Waals surface area contributed by atoms with Gasteiger partial charge in [0.1, 0.15) is 0 Å². The molecular weight excluding hydrogens is 176 g/mol. The predicted molar refractivity (Wildman–Crippen MR) is 43.0 cm³/mol. The quantitative estimate of drug-likeness (QED) is 0.658. The summed E-state index contributed by atoms with van der Waals surface area (Å²) in [4.78, 5) is 11.3. The molecule has 4 heteroatoms. The predicted octanol–water partition coefficient (Wildman–Crippen LogP) is 2.40. The first kappa shape index (κ1) is 8.41. The van der Waals surface area contributed by atoms with E-state index in [9.17, 15) is 13.6 Å². The topological polar surface area (TPSA) is 22.0 Å². The van der Waals surface area contributed by atoms with Gasteiger partial charge in [-0.15, -0.1) is 0 Å². The number of fused-ring (bicyclic) bond motifs is 1. The summed E-state index contributed by atoms with van der Waals surface area (Å²) in [5.74, 6) is -0.0133. The summed E-state index contributed by atoms with van der Waals surface area (Å²) in [6.07, 6.45) is 4.62. The van der Waals surface area contributed by atoms with Gasteiger partial charge in [-0.05, 0) is 18.4 Å². The maximum Gasteiger partial charge on any atom is 0.318 e. The van der Waals surface area contributed by atoms with E-state index in [2.05, 4.69) is 0 Å². The molecule has 0 radical (unpaired) electrons. The molecule has 2 nitrogen and oxygen atoms in total. The Balaban J connectivity index is 2.42. The summed E-state index contributed by atoms with van der Waals surface area (Å²) in [7, 11) is 0. The van der Waals surface area contributed by atoms with Crippen molar-refractivity contribution in [3.05, 3.63) is 23.5 Å². The minimum absolute atomic E-state index is 0.0133. The van der Waals surface area contributed by atoms with Crippen LogP contribution in [0.5, 0.6) is 0 Å². The molecule has 1 aromatic heterocycles. The Morgan fingerprint density at radius 1 is 1.31 bits per heavy atom. The number of carbonyl (C=O) groups is 1. The van der Waals surface area contributed by atoms with Gasteiger partial charge in [0, 0.05) is 24.4 Å². The number of nitrogens with zero attached hydrogens (tertiary/aromatic N) is 1. The average Bonchev–Trinajstić information content (AvgIpc) is 2.49. The first-order valence-electron chi connectivity index (χ1n) is 4.20. The van der Waals surface area contributed by atoms with Gasteiger partial charge in [-0.25, -0.2) is 0 Å². The van der Waals surface area contributed by atoms with Crippen LogP contribution in [0.4, 0.5) is 8.78 Å². The van der Waals surface area contributed by atoms with Gasteiger partial charge in [0.2, 0.25) is 0 Å². The Kier molecular flexibility index (Phi) is 1.90. The number of alkyl halides is 2. The van der Waals surface area contributed by atoms with Crippen molar-refractivity contribution < 1.29 is 13.6 Å². The Hall–Kier alpha value is -1.19. The van der Waals surface area contributed by atoms with E-state index in [1.54, 1.807) is 0 Å². The Bertz CT molecular complexity index is 343. The van der Waals surface area contributed by atoms with Crippen LogP contribution in [0.2, 0.25) is 0 Å². The van der Waals surface area contributed by atoms with Crippen LogP contribution >= 0.6 is 0 Å². The smallest absolute Gasteiger partial charge is 0.297 e. The maximum atomic E-state index is 12.2. The van der Waals surface area contributed by atoms with E-state index in [-0.39, 0.29) is 5.78 Å². The lowest BCUT2D eigenvalue weighted by molar-refractivity contribution is 0.0704. The van der Waals surface area contributed by atoms with Gasteiger partial charge in [0.05, 0.1) is 0 Å². The molecule has 0 unspecified atom stereocenters. The second-order valence-electron chi connectivity index (χ2n) is 3.20. The fourth-order valence-electron chi connectivity index (χ4n) is 1.66. The van der Waals surface area contributed by atoms with Crippen molar-refractivity contribution in [2.24, 2.45) is 0 Å². The van der Waals surface area contributed by atoms with Crippen LogP contribution in [0, 0.1) is 0 Å². The number of rotatable bonds is 1. The van der Waals surface area contributed by atoms with Gasteiger partial charge < -0.3 is 0 Å². The highest BCUT2D eigenvalue weighted by Crippen LogP contribution is 2.24. The van der Waals surface area contributed by atoms with Gasteiger partial charge in [-0.3, -0.25) is 9.36 Å². The van der Waals surface area contributed by atoms with E-state index < -0.39 is 6.55 Å². The van der Waals surface area contributed by atoms with Gasteiger partial charge in [0.25, 0.3) is 0 Å². The van der Waals surface area contributed by atoms with Gasteiger partial charge in [-0.2, -0.15) is 8.78 Å². The molecule has 0 saturated heterocycles. The summed E-state index contributed by atoms with van der Waals surface area (Å²) < 4.78 is 25.3. The average molecular weight is 185 g/mol. The van der Waals surface area contributed by atoms with Crippen LogP contribution in [0.15, 0.2) is 12.4 Å². The van der Waals surface area contributed by atoms with E-state index in [0.29, 0.717) is 12.0 Å². The third-order valence-electron chi connectivity index (χ3n) is 2.30. The van der Waals surface area contributed by atoms with Crippen molar-refractivity contribution in [3.63, 3.8) is 0 Å². The third kappa shape index (κ3) is 1.36. The lowest BCUT2D eigenvalue weighted by atomic mass is 9.95. The number of ketones is 1. The highest BCUT2D eigenvalue weighted by Gasteiger charge is 2.20. The second kappa shape index (κ2) is 2.94. The van der Waals surface area contributed by atoms with Crippen molar-refractivity contribution >= 4 is 5.78 Å². The van der Waals surface area contributed by atoms with Crippen LogP contribution in [0.25, 0.3) is 0 Å². The highest BCUT2D eigenvalue weighted by atomic mass is 19.3. The molecule has 0 fully saturated rings. The molecule has 13 heavy (non-hydrogen) atoms. The maximum absolute atomic E-state index is 12.2. The molecule has 0 aromatic carbocycles. The molecule has 0 spiro atoms. The van der Waals surface area contributed by atoms with Gasteiger partial charge >= 0.3 is 6.55 Å². The Morgan fingerprint density at radius 2 is 2.08 bits per heavy atom. The molecule has 1 aliphatic carbocycles. The van der Waals surface area contributed by atoms with Crippen LogP contribution in [-0.2, 0) is 6.42 Å². The zero-order valence-electron chi connectivity index (χ0n) is 6.96. The summed E-state index contributed by atoms with van der Waals surface area (Å²) in [6, 6.07) is 0. The monoisotopic (exact) mass is 185 g/mol. The summed E-state index contributed by atoms with van der Waals surface area (Å²) >= 11 is 0. The molecule has 0 bridgehead atoms. The lowest BCUT2D eigenvalue weighted by Crippen LogP contribution is -2.07. The number of hydrogen-bond acceptors (Lipinski definition) is 1. The number of hydrogen-bond donors (Lipinski definition) is 0. The minimum Gasteiger partial charge on any atom is -0.297 e. The van der Waals surface area contributed by atoms with Crippen molar-refractivity contribution in [3.8, 4) is 0 Å². The molecule has 1 aromatic rings. The highest BCUT2D eigenvalue weighted by molar-refractivity contribution is 5.98. The number of carbonyl (C=O) groups excluding carboxylic acids is 1. The van der Waals surface area contributed by atoms with E-state index >= 15 is 0 Å². The van der Waals surface area contributed by atoms with Crippen molar-refractivity contribution in [1.29, 1.82) is 0 Å². The third-order valence-corrected chi connectivity index (χ3v) is 2.30. The SMILES string of the molecule is O=C1CCCc2cn(C(F)F)cc21. The first-order valence-corrected chi connectivity index (χ1v) is 4.20. The van der Waals surface area contributed by atoms with E-state index in [1.807, 2.05) is 0 Å². The molecule has 1 aliphatic rings. The molecular formula is C9H9F2NO. The molecule has 0 aliphatic heterocycles. The minimum atomic E-state index is -2.54. The Labute approximate surface area is 74.2 Å². The molecule has 0 N–H and O–H groups in total. The molecule has 2 rings (SSSR count). The summed E-state index contributed by atoms with van der Waals surface area (Å²) in [5.41, 5.74) is 1.24. The van der Waals surface area contributed by atoms with Crippen LogP contribution < -0.4 is 0 Å². The van der Waals surface area contributed by atoms with E-state index in [1.165, 1.54) is 12.4 Å². The van der Waals surface area contributed by atoms with Crippen molar-refractivity contribution in [2.45, 2.75) is 25.8 Å². The van der Waals surface area contributed by atoms with E-state index in [4.69, 9.17) is 0 Å². The molecule has 0 amide bonds. The number of aromatic nitrogens is 1. The number of aryl methyl sites for hydroxylation is 1. The number of Topliss-reactive ketones (excluding diaryl/α,β-unsaturated/α-hetero) is 1. The van der Waals surface area contributed by atoms with Crippen molar-refractivity contribution in [2.75, 3.05) is 0 Å². The zero-order valence-corrected chi connectivity index (χ0v) is 6.96. The first-order chi connectivity index (χ1) is 6.18. The largest absolute Gasteiger partial charge is 0.318 e. The summed E-state index contributed by atoms with van der Waals surface area (Å²) in [5, 5.41) is 0. The summed E-state index contributed by atoms with van der Waals surface area (Å²) in [6.45, 7) is -2.54. The normalized spacial score (nSPS) is 16.4. The Morgan fingerprint density at radius 3 is 2.69 bits per heavy atom. The standard InChI is InChI=1S/C9H9F2NO/c10-9(11)12-4-6-2-1-3-8(13)7(6)5-12/h4-5,9H,1-3H2. The van der Waals surface area contributed by atoms with Crippen LogP contribution in [0.3, 0.4) is 0 Å². The molecule has 0 saturated carbocycles. The van der Waals surface area contributed by atoms with Crippen molar-refractivity contribution in [1.82, 2.24) is 4.57 Å². The van der Waals surface area contributed by atoms with Gasteiger partial charge in [0.15, 0.2) is 5.78 Å². The molecule has 70 valence electrons. The zero-order chi connectivity index (χ0) is 9.42. The lowest BCUT2D eigenvalue weighted by Gasteiger charge is -2.07. The van der Waals surface area contributed by atoms with Gasteiger partial charge in [-0.1, -0.05) is 0 Å². The van der Waals surface area contributed by atoms with E-state index in [0.717, 1.165) is 23.0 Å². The fraction of sp³-hybridized carbons (Fsp3) is 0.444. The molecule has 1 heterocycles. The second-order valence-corrected chi connectivity index (χ2v) is 3.20. The molecule has 0 atom stereocenters. The fourth-order valence-corrected chi connectivity index (χ4v) is 1.66. The number of halogens is 2. The van der Waals surface area contributed by atoms with Crippen LogP contribution in [0.1, 0.15) is 35.3 Å².